The lowest BCUT2D eigenvalue weighted by molar-refractivity contribution is -0.122. The van der Waals surface area contributed by atoms with Crippen molar-refractivity contribution in [3.05, 3.63) is 53.6 Å². The highest BCUT2D eigenvalue weighted by molar-refractivity contribution is 5.94. The third kappa shape index (κ3) is 3.79. The first-order valence-electron chi connectivity index (χ1n) is 7.19. The minimum atomic E-state index is -0.627. The molecule has 2 aromatic carbocycles. The molecule has 0 unspecified atom stereocenters. The molecule has 0 bridgehead atoms. The molecular weight excluding hydrogens is 278 g/mol. The summed E-state index contributed by atoms with van der Waals surface area (Å²) in [5.41, 5.74) is 3.09. The van der Waals surface area contributed by atoms with Crippen molar-refractivity contribution in [3.8, 4) is 11.5 Å². The summed E-state index contributed by atoms with van der Waals surface area (Å²) < 4.78 is 10.9. The molecule has 0 spiro atoms. The molecule has 22 heavy (non-hydrogen) atoms. The Morgan fingerprint density at radius 1 is 1.05 bits per heavy atom. The Hall–Kier alpha value is -2.49. The Balaban J connectivity index is 2.04. The molecule has 0 aliphatic carbocycles. The Labute approximate surface area is 131 Å². The van der Waals surface area contributed by atoms with Crippen LogP contribution in [-0.4, -0.2) is 19.1 Å². The smallest absolute Gasteiger partial charge is 0.265 e. The average Bonchev–Trinajstić information content (AvgIpc) is 2.51. The molecule has 1 atom stereocenters. The number of hydrogen-bond acceptors (Lipinski definition) is 3. The van der Waals surface area contributed by atoms with Crippen molar-refractivity contribution in [2.24, 2.45) is 0 Å². The lowest BCUT2D eigenvalue weighted by atomic mass is 10.1. The van der Waals surface area contributed by atoms with Crippen molar-refractivity contribution in [2.45, 2.75) is 26.9 Å². The van der Waals surface area contributed by atoms with Gasteiger partial charge < -0.3 is 14.8 Å². The number of benzene rings is 2. The third-order valence-corrected chi connectivity index (χ3v) is 3.52. The van der Waals surface area contributed by atoms with Crippen molar-refractivity contribution in [1.82, 2.24) is 0 Å². The molecule has 1 amide bonds. The second-order valence-corrected chi connectivity index (χ2v) is 5.20. The summed E-state index contributed by atoms with van der Waals surface area (Å²) in [4.78, 5) is 12.2. The van der Waals surface area contributed by atoms with Crippen molar-refractivity contribution < 1.29 is 14.3 Å². The quantitative estimate of drug-likeness (QED) is 0.915. The van der Waals surface area contributed by atoms with Crippen LogP contribution in [0.2, 0.25) is 0 Å². The van der Waals surface area contributed by atoms with Crippen LogP contribution in [0.25, 0.3) is 0 Å². The molecule has 0 aliphatic heterocycles. The standard InChI is InChI=1S/C18H21NO3/c1-12-9-10-15(11-13(12)2)19-18(20)14(3)22-17-8-6-5-7-16(17)21-4/h5-11,14H,1-4H3,(H,19,20)/t14-/m1/s1. The van der Waals surface area contributed by atoms with Crippen LogP contribution in [-0.2, 0) is 4.79 Å². The second-order valence-electron chi connectivity index (χ2n) is 5.20. The van der Waals surface area contributed by atoms with Crippen LogP contribution in [0.1, 0.15) is 18.1 Å². The van der Waals surface area contributed by atoms with Crippen LogP contribution in [0, 0.1) is 13.8 Å². The van der Waals surface area contributed by atoms with E-state index in [1.807, 2.05) is 44.2 Å². The van der Waals surface area contributed by atoms with Gasteiger partial charge in [-0.1, -0.05) is 18.2 Å². The van der Waals surface area contributed by atoms with Gasteiger partial charge in [0.15, 0.2) is 17.6 Å². The molecule has 0 aliphatic rings. The number of methoxy groups -OCH3 is 1. The topological polar surface area (TPSA) is 47.6 Å². The number of carbonyl (C=O) groups excluding carboxylic acids is 1. The van der Waals surface area contributed by atoms with E-state index < -0.39 is 6.10 Å². The van der Waals surface area contributed by atoms with E-state index >= 15 is 0 Å². The normalized spacial score (nSPS) is 11.6. The van der Waals surface area contributed by atoms with Gasteiger partial charge in [-0.2, -0.15) is 0 Å². The number of hydrogen-bond donors (Lipinski definition) is 1. The van der Waals surface area contributed by atoms with Gasteiger partial charge in [-0.15, -0.1) is 0 Å². The maximum Gasteiger partial charge on any atom is 0.265 e. The summed E-state index contributed by atoms with van der Waals surface area (Å²) in [5, 5.41) is 2.86. The van der Waals surface area contributed by atoms with Crippen LogP contribution in [0.15, 0.2) is 42.5 Å². The summed E-state index contributed by atoms with van der Waals surface area (Å²) >= 11 is 0. The first kappa shape index (κ1) is 15.9. The zero-order valence-electron chi connectivity index (χ0n) is 13.3. The fraction of sp³-hybridized carbons (Fsp3) is 0.278. The molecule has 0 aromatic heterocycles. The Kier molecular flexibility index (Phi) is 5.04. The summed E-state index contributed by atoms with van der Waals surface area (Å²) in [5.74, 6) is 0.954. The van der Waals surface area contributed by atoms with Crippen LogP contribution in [0.4, 0.5) is 5.69 Å². The molecular formula is C18H21NO3. The summed E-state index contributed by atoms with van der Waals surface area (Å²) in [6.07, 6.45) is -0.627. The molecule has 0 saturated heterocycles. The van der Waals surface area contributed by atoms with Gasteiger partial charge in [-0.05, 0) is 56.2 Å². The Bertz CT molecular complexity index is 667. The van der Waals surface area contributed by atoms with Crippen molar-refractivity contribution >= 4 is 11.6 Å². The number of anilines is 1. The van der Waals surface area contributed by atoms with E-state index in [9.17, 15) is 4.79 Å². The van der Waals surface area contributed by atoms with Crippen molar-refractivity contribution in [1.29, 1.82) is 0 Å². The highest BCUT2D eigenvalue weighted by Crippen LogP contribution is 2.27. The molecule has 0 saturated carbocycles. The first-order chi connectivity index (χ1) is 10.5. The molecule has 0 heterocycles. The zero-order valence-corrected chi connectivity index (χ0v) is 13.3. The predicted molar refractivity (Wildman–Crippen MR) is 87.6 cm³/mol. The fourth-order valence-corrected chi connectivity index (χ4v) is 2.02. The van der Waals surface area contributed by atoms with E-state index in [-0.39, 0.29) is 5.91 Å². The van der Waals surface area contributed by atoms with Crippen molar-refractivity contribution in [3.63, 3.8) is 0 Å². The van der Waals surface area contributed by atoms with Gasteiger partial charge in [0.2, 0.25) is 0 Å². The molecule has 2 rings (SSSR count). The van der Waals surface area contributed by atoms with Crippen LogP contribution < -0.4 is 14.8 Å². The number of para-hydroxylation sites is 2. The lowest BCUT2D eigenvalue weighted by Gasteiger charge is -2.17. The molecule has 1 N–H and O–H groups in total. The maximum absolute atomic E-state index is 12.2. The fourth-order valence-electron chi connectivity index (χ4n) is 2.02. The number of ether oxygens (including phenoxy) is 2. The average molecular weight is 299 g/mol. The van der Waals surface area contributed by atoms with E-state index in [1.54, 1.807) is 26.2 Å². The number of carbonyl (C=O) groups is 1. The van der Waals surface area contributed by atoms with E-state index in [0.29, 0.717) is 11.5 Å². The summed E-state index contributed by atoms with van der Waals surface area (Å²) in [6.45, 7) is 5.76. The van der Waals surface area contributed by atoms with E-state index in [4.69, 9.17) is 9.47 Å². The van der Waals surface area contributed by atoms with Gasteiger partial charge in [-0.25, -0.2) is 0 Å². The summed E-state index contributed by atoms with van der Waals surface area (Å²) in [7, 11) is 1.57. The summed E-state index contributed by atoms with van der Waals surface area (Å²) in [6, 6.07) is 13.1. The van der Waals surface area contributed by atoms with Crippen molar-refractivity contribution in [2.75, 3.05) is 12.4 Å². The molecule has 4 heteroatoms. The number of amides is 1. The second kappa shape index (κ2) is 6.98. The molecule has 0 radical (unpaired) electrons. The van der Waals surface area contributed by atoms with Gasteiger partial charge in [0.05, 0.1) is 7.11 Å². The van der Waals surface area contributed by atoms with Gasteiger partial charge in [-0.3, -0.25) is 4.79 Å². The first-order valence-corrected chi connectivity index (χ1v) is 7.19. The molecule has 116 valence electrons. The molecule has 2 aromatic rings. The van der Waals surface area contributed by atoms with Crippen LogP contribution in [0.5, 0.6) is 11.5 Å². The Morgan fingerprint density at radius 3 is 2.36 bits per heavy atom. The highest BCUT2D eigenvalue weighted by Gasteiger charge is 2.16. The minimum Gasteiger partial charge on any atom is -0.493 e. The molecule has 0 fully saturated rings. The van der Waals surface area contributed by atoms with Gasteiger partial charge in [0, 0.05) is 5.69 Å². The zero-order chi connectivity index (χ0) is 16.1. The van der Waals surface area contributed by atoms with Gasteiger partial charge >= 0.3 is 0 Å². The largest absolute Gasteiger partial charge is 0.493 e. The number of nitrogens with one attached hydrogen (secondary N) is 1. The molecule has 4 nitrogen and oxygen atoms in total. The van der Waals surface area contributed by atoms with E-state index in [0.717, 1.165) is 11.3 Å². The third-order valence-electron chi connectivity index (χ3n) is 3.52. The van der Waals surface area contributed by atoms with E-state index in [2.05, 4.69) is 5.32 Å². The predicted octanol–water partition coefficient (Wildman–Crippen LogP) is 3.72. The number of rotatable bonds is 5. The number of aryl methyl sites for hydroxylation is 2. The SMILES string of the molecule is COc1ccccc1O[C@H](C)C(=O)Nc1ccc(C)c(C)c1. The highest BCUT2D eigenvalue weighted by atomic mass is 16.5. The van der Waals surface area contributed by atoms with Gasteiger partial charge in [0.1, 0.15) is 0 Å². The maximum atomic E-state index is 12.2. The Morgan fingerprint density at radius 2 is 1.73 bits per heavy atom. The minimum absolute atomic E-state index is 0.200. The lowest BCUT2D eigenvalue weighted by Crippen LogP contribution is -2.30. The monoisotopic (exact) mass is 299 g/mol. The van der Waals surface area contributed by atoms with E-state index in [1.165, 1.54) is 5.56 Å². The van der Waals surface area contributed by atoms with Crippen LogP contribution in [0.3, 0.4) is 0 Å². The van der Waals surface area contributed by atoms with Crippen LogP contribution >= 0.6 is 0 Å². The van der Waals surface area contributed by atoms with Gasteiger partial charge in [0.25, 0.3) is 5.91 Å².